The van der Waals surface area contributed by atoms with E-state index >= 15 is 0 Å². The molecular formula is C23H27ClN4O. The Morgan fingerprint density at radius 1 is 1.10 bits per heavy atom. The highest BCUT2D eigenvalue weighted by Crippen LogP contribution is 2.34. The lowest BCUT2D eigenvalue weighted by molar-refractivity contribution is 0.713. The fourth-order valence-electron chi connectivity index (χ4n) is 4.10. The highest BCUT2D eigenvalue weighted by molar-refractivity contribution is 5.85. The van der Waals surface area contributed by atoms with E-state index in [4.69, 9.17) is 4.98 Å². The summed E-state index contributed by atoms with van der Waals surface area (Å²) in [6.07, 6.45) is 7.58. The molecule has 6 heteroatoms. The minimum absolute atomic E-state index is 0. The normalized spacial score (nSPS) is 18.6. The van der Waals surface area contributed by atoms with Crippen molar-refractivity contribution in [1.29, 1.82) is 0 Å². The van der Waals surface area contributed by atoms with E-state index in [1.54, 1.807) is 4.40 Å². The SMILES string of the molecule is Cl.O=c1c(-c2ccc(N[C@@H]3CCNC3)cc2)c(CCC2CC2)nc2ccccn12. The number of fused-ring (bicyclic) bond motifs is 1. The number of anilines is 1. The molecule has 152 valence electrons. The third kappa shape index (κ3) is 4.31. The number of nitrogens with one attached hydrogen (secondary N) is 2. The Morgan fingerprint density at radius 2 is 1.93 bits per heavy atom. The van der Waals surface area contributed by atoms with Gasteiger partial charge in [0.1, 0.15) is 5.65 Å². The predicted octanol–water partition coefficient (Wildman–Crippen LogP) is 3.90. The second kappa shape index (κ2) is 8.56. The summed E-state index contributed by atoms with van der Waals surface area (Å²) in [4.78, 5) is 18.1. The lowest BCUT2D eigenvalue weighted by Crippen LogP contribution is -2.22. The number of hydrogen-bond acceptors (Lipinski definition) is 4. The molecule has 3 heterocycles. The summed E-state index contributed by atoms with van der Waals surface area (Å²) in [5, 5.41) is 6.94. The zero-order valence-corrected chi connectivity index (χ0v) is 17.3. The summed E-state index contributed by atoms with van der Waals surface area (Å²) in [5.41, 5.74) is 4.50. The molecule has 1 aliphatic heterocycles. The first-order valence-electron chi connectivity index (χ1n) is 10.4. The van der Waals surface area contributed by atoms with E-state index < -0.39 is 0 Å². The van der Waals surface area contributed by atoms with Crippen LogP contribution in [0, 0.1) is 5.92 Å². The minimum atomic E-state index is 0. The average Bonchev–Trinajstić information content (AvgIpc) is 3.42. The van der Waals surface area contributed by atoms with E-state index in [9.17, 15) is 4.79 Å². The van der Waals surface area contributed by atoms with Gasteiger partial charge in [-0.2, -0.15) is 0 Å². The summed E-state index contributed by atoms with van der Waals surface area (Å²) >= 11 is 0. The van der Waals surface area contributed by atoms with Crippen molar-refractivity contribution in [1.82, 2.24) is 14.7 Å². The van der Waals surface area contributed by atoms with Gasteiger partial charge in [-0.1, -0.05) is 31.0 Å². The summed E-state index contributed by atoms with van der Waals surface area (Å²) in [6.45, 7) is 2.07. The van der Waals surface area contributed by atoms with Crippen LogP contribution >= 0.6 is 12.4 Å². The van der Waals surface area contributed by atoms with Gasteiger partial charge in [0.05, 0.1) is 11.3 Å². The standard InChI is InChI=1S/C23H26N4O.ClH/c28-23-22(17-7-9-18(10-8-17)25-19-12-13-24-15-19)20(11-6-16-4-5-16)26-21-3-1-2-14-27(21)23;/h1-3,7-10,14,16,19,24-25H,4-6,11-13,15H2;1H/t19-;/m1./s1. The van der Waals surface area contributed by atoms with Gasteiger partial charge in [0.25, 0.3) is 5.56 Å². The topological polar surface area (TPSA) is 58.4 Å². The van der Waals surface area contributed by atoms with Crippen LogP contribution in [0.15, 0.2) is 53.5 Å². The molecule has 0 spiro atoms. The molecule has 2 aliphatic rings. The van der Waals surface area contributed by atoms with Crippen LogP contribution in [-0.2, 0) is 6.42 Å². The van der Waals surface area contributed by atoms with E-state index in [0.717, 1.165) is 66.4 Å². The van der Waals surface area contributed by atoms with Gasteiger partial charge in [0.2, 0.25) is 0 Å². The molecule has 0 amide bonds. The number of pyridine rings is 1. The first kappa shape index (κ1) is 19.9. The predicted molar refractivity (Wildman–Crippen MR) is 120 cm³/mol. The van der Waals surface area contributed by atoms with E-state index in [1.165, 1.54) is 12.8 Å². The molecule has 2 N–H and O–H groups in total. The third-order valence-electron chi connectivity index (χ3n) is 5.90. The van der Waals surface area contributed by atoms with Gasteiger partial charge in [-0.25, -0.2) is 4.98 Å². The molecule has 0 unspecified atom stereocenters. The zero-order chi connectivity index (χ0) is 18.9. The fourth-order valence-corrected chi connectivity index (χ4v) is 4.10. The van der Waals surface area contributed by atoms with Crippen molar-refractivity contribution in [3.8, 4) is 11.1 Å². The zero-order valence-electron chi connectivity index (χ0n) is 16.4. The summed E-state index contributed by atoms with van der Waals surface area (Å²) in [5.74, 6) is 0.815. The van der Waals surface area contributed by atoms with E-state index in [2.05, 4.69) is 34.9 Å². The third-order valence-corrected chi connectivity index (χ3v) is 5.90. The molecular weight excluding hydrogens is 384 g/mol. The molecule has 1 saturated carbocycles. The Hall–Kier alpha value is -2.37. The van der Waals surface area contributed by atoms with Gasteiger partial charge in [0, 0.05) is 24.5 Å². The second-order valence-electron chi connectivity index (χ2n) is 8.06. The van der Waals surface area contributed by atoms with Crippen molar-refractivity contribution in [2.24, 2.45) is 5.92 Å². The number of nitrogens with zero attached hydrogens (tertiary/aromatic N) is 2. The Kier molecular flexibility index (Phi) is 5.88. The highest BCUT2D eigenvalue weighted by Gasteiger charge is 2.23. The highest BCUT2D eigenvalue weighted by atomic mass is 35.5. The van der Waals surface area contributed by atoms with Gasteiger partial charge >= 0.3 is 0 Å². The molecule has 1 aromatic carbocycles. The molecule has 5 nitrogen and oxygen atoms in total. The van der Waals surface area contributed by atoms with Crippen molar-refractivity contribution < 1.29 is 0 Å². The first-order valence-corrected chi connectivity index (χ1v) is 10.4. The Morgan fingerprint density at radius 3 is 2.66 bits per heavy atom. The van der Waals surface area contributed by atoms with Gasteiger partial charge < -0.3 is 10.6 Å². The van der Waals surface area contributed by atoms with Crippen LogP contribution in [0.3, 0.4) is 0 Å². The maximum atomic E-state index is 13.3. The monoisotopic (exact) mass is 410 g/mol. The van der Waals surface area contributed by atoms with Crippen LogP contribution in [0.5, 0.6) is 0 Å². The molecule has 5 rings (SSSR count). The summed E-state index contributed by atoms with van der Waals surface area (Å²) in [6, 6.07) is 14.5. The summed E-state index contributed by atoms with van der Waals surface area (Å²) < 4.78 is 1.66. The summed E-state index contributed by atoms with van der Waals surface area (Å²) in [7, 11) is 0. The molecule has 0 radical (unpaired) electrons. The minimum Gasteiger partial charge on any atom is -0.381 e. The molecule has 1 atom stereocenters. The number of benzene rings is 1. The van der Waals surface area contributed by atoms with Crippen molar-refractivity contribution in [2.45, 2.75) is 38.1 Å². The van der Waals surface area contributed by atoms with Crippen LogP contribution in [0.25, 0.3) is 16.8 Å². The van der Waals surface area contributed by atoms with Crippen LogP contribution in [-0.4, -0.2) is 28.5 Å². The van der Waals surface area contributed by atoms with Crippen molar-refractivity contribution in [2.75, 3.05) is 18.4 Å². The fraction of sp³-hybridized carbons (Fsp3) is 0.391. The van der Waals surface area contributed by atoms with Crippen LogP contribution in [0.4, 0.5) is 5.69 Å². The molecule has 1 aliphatic carbocycles. The average molecular weight is 411 g/mol. The van der Waals surface area contributed by atoms with Gasteiger partial charge in [-0.15, -0.1) is 12.4 Å². The Balaban J connectivity index is 0.00000205. The van der Waals surface area contributed by atoms with Crippen molar-refractivity contribution >= 4 is 23.7 Å². The van der Waals surface area contributed by atoms with Gasteiger partial charge in [-0.3, -0.25) is 9.20 Å². The lowest BCUT2D eigenvalue weighted by atomic mass is 10.0. The van der Waals surface area contributed by atoms with Crippen LogP contribution in [0.1, 0.15) is 31.4 Å². The molecule has 0 bridgehead atoms. The Labute approximate surface area is 177 Å². The Bertz CT molecular complexity index is 1040. The lowest BCUT2D eigenvalue weighted by Gasteiger charge is -2.14. The van der Waals surface area contributed by atoms with Gasteiger partial charge in [0.15, 0.2) is 0 Å². The van der Waals surface area contributed by atoms with E-state index in [-0.39, 0.29) is 18.0 Å². The number of aryl methyl sites for hydroxylation is 1. The van der Waals surface area contributed by atoms with Crippen molar-refractivity contribution in [3.63, 3.8) is 0 Å². The second-order valence-corrected chi connectivity index (χ2v) is 8.06. The van der Waals surface area contributed by atoms with Gasteiger partial charge in [-0.05, 0) is 61.6 Å². The molecule has 1 saturated heterocycles. The molecule has 3 aromatic rings. The first-order chi connectivity index (χ1) is 13.8. The largest absolute Gasteiger partial charge is 0.381 e. The molecule has 29 heavy (non-hydrogen) atoms. The van der Waals surface area contributed by atoms with Crippen LogP contribution in [0.2, 0.25) is 0 Å². The molecule has 2 aromatic heterocycles. The number of aromatic nitrogens is 2. The smallest absolute Gasteiger partial charge is 0.265 e. The van der Waals surface area contributed by atoms with Crippen molar-refractivity contribution in [3.05, 3.63) is 64.7 Å². The maximum Gasteiger partial charge on any atom is 0.265 e. The van der Waals surface area contributed by atoms with E-state index in [1.807, 2.05) is 24.4 Å². The van der Waals surface area contributed by atoms with E-state index in [0.29, 0.717) is 6.04 Å². The quantitative estimate of drug-likeness (QED) is 0.647. The number of hydrogen-bond donors (Lipinski definition) is 2. The number of rotatable bonds is 6. The molecule has 2 fully saturated rings. The number of halogens is 1. The maximum absolute atomic E-state index is 13.3. The van der Waals surface area contributed by atoms with Crippen LogP contribution < -0.4 is 16.2 Å².